The predicted molar refractivity (Wildman–Crippen MR) is 72.9 cm³/mol. The van der Waals surface area contributed by atoms with Crippen LogP contribution >= 0.6 is 11.8 Å². The predicted octanol–water partition coefficient (Wildman–Crippen LogP) is 1.18. The van der Waals surface area contributed by atoms with E-state index in [1.54, 1.807) is 11.8 Å². The van der Waals surface area contributed by atoms with Crippen LogP contribution in [-0.2, 0) is 0 Å². The summed E-state index contributed by atoms with van der Waals surface area (Å²) in [5.41, 5.74) is 0.845. The van der Waals surface area contributed by atoms with Gasteiger partial charge < -0.3 is 10.4 Å². The van der Waals surface area contributed by atoms with E-state index in [1.165, 1.54) is 0 Å². The molecule has 0 bridgehead atoms. The Morgan fingerprint density at radius 3 is 2.94 bits per heavy atom. The molecule has 2 heterocycles. The van der Waals surface area contributed by atoms with Crippen LogP contribution in [0.2, 0.25) is 0 Å². The van der Waals surface area contributed by atoms with Crippen molar-refractivity contribution in [3.63, 3.8) is 0 Å². The third-order valence-corrected chi connectivity index (χ3v) is 3.59. The number of rotatable bonds is 6. The quantitative estimate of drug-likeness (QED) is 0.769. The van der Waals surface area contributed by atoms with Gasteiger partial charge in [-0.1, -0.05) is 31.7 Å². The van der Waals surface area contributed by atoms with E-state index in [4.69, 9.17) is 0 Å². The third kappa shape index (κ3) is 3.22. The molecule has 0 radical (unpaired) electrons. The molecule has 0 amide bonds. The van der Waals surface area contributed by atoms with Gasteiger partial charge in [0.25, 0.3) is 0 Å². The zero-order valence-electron chi connectivity index (χ0n) is 10.6. The molecule has 0 aliphatic heterocycles. The summed E-state index contributed by atoms with van der Waals surface area (Å²) in [4.78, 5) is 0. The molecule has 0 aliphatic rings. The fourth-order valence-corrected chi connectivity index (χ4v) is 2.66. The van der Waals surface area contributed by atoms with Crippen LogP contribution in [0.1, 0.15) is 13.8 Å². The summed E-state index contributed by atoms with van der Waals surface area (Å²) in [5.74, 6) is 0.768. The molecule has 2 aromatic heterocycles. The minimum Gasteiger partial charge on any atom is -0.395 e. The Morgan fingerprint density at radius 2 is 2.22 bits per heavy atom. The first-order valence-electron chi connectivity index (χ1n) is 6.00. The van der Waals surface area contributed by atoms with Gasteiger partial charge in [-0.15, -0.1) is 10.2 Å². The Labute approximate surface area is 111 Å². The molecule has 0 saturated carbocycles. The number of pyridine rings is 1. The molecule has 2 N–H and O–H groups in total. The van der Waals surface area contributed by atoms with Crippen molar-refractivity contribution >= 4 is 17.4 Å². The molecule has 1 unspecified atom stereocenters. The number of aliphatic hydroxyl groups excluding tert-OH is 1. The molecular formula is C12H18N4OS. The highest BCUT2D eigenvalue weighted by Crippen LogP contribution is 2.17. The fourth-order valence-electron chi connectivity index (χ4n) is 1.72. The van der Waals surface area contributed by atoms with Gasteiger partial charge in [0.15, 0.2) is 10.8 Å². The number of nitrogens with zero attached hydrogens (tertiary/aromatic N) is 3. The average molecular weight is 266 g/mol. The van der Waals surface area contributed by atoms with Crippen molar-refractivity contribution in [2.24, 2.45) is 0 Å². The number of aromatic nitrogens is 3. The minimum absolute atomic E-state index is 0.0751. The van der Waals surface area contributed by atoms with E-state index < -0.39 is 0 Å². The molecular weight excluding hydrogens is 248 g/mol. The summed E-state index contributed by atoms with van der Waals surface area (Å²) in [6, 6.07) is 6.25. The second kappa shape index (κ2) is 6.17. The largest absolute Gasteiger partial charge is 0.395 e. The lowest BCUT2D eigenvalue weighted by Crippen LogP contribution is -2.39. The van der Waals surface area contributed by atoms with E-state index in [9.17, 15) is 5.11 Å². The van der Waals surface area contributed by atoms with E-state index >= 15 is 0 Å². The van der Waals surface area contributed by atoms with E-state index in [0.717, 1.165) is 16.6 Å². The molecule has 2 aromatic rings. The molecule has 18 heavy (non-hydrogen) atoms. The summed E-state index contributed by atoms with van der Waals surface area (Å²) < 4.78 is 1.95. The second-order valence-corrected chi connectivity index (χ2v) is 5.41. The lowest BCUT2D eigenvalue weighted by Gasteiger charge is -2.17. The third-order valence-electron chi connectivity index (χ3n) is 2.49. The summed E-state index contributed by atoms with van der Waals surface area (Å²) in [6.07, 6.45) is 1.95. The molecule has 0 aliphatic carbocycles. The Bertz CT molecular complexity index is 500. The number of nitrogens with one attached hydrogen (secondary N) is 1. The zero-order valence-corrected chi connectivity index (χ0v) is 11.4. The summed E-state index contributed by atoms with van der Waals surface area (Å²) in [5, 5.41) is 21.7. The van der Waals surface area contributed by atoms with Crippen molar-refractivity contribution in [1.82, 2.24) is 19.9 Å². The molecule has 0 spiro atoms. The normalized spacial score (nSPS) is 13.3. The van der Waals surface area contributed by atoms with Crippen molar-refractivity contribution in [2.75, 3.05) is 12.4 Å². The number of hydrogen-bond acceptors (Lipinski definition) is 5. The maximum absolute atomic E-state index is 9.30. The SMILES string of the molecule is CC(C)NC(CO)CSc1nnc2ccccn12. The van der Waals surface area contributed by atoms with E-state index in [1.807, 2.05) is 28.8 Å². The first-order valence-corrected chi connectivity index (χ1v) is 6.98. The maximum Gasteiger partial charge on any atom is 0.195 e. The number of aliphatic hydroxyl groups is 1. The summed E-state index contributed by atoms with van der Waals surface area (Å²) >= 11 is 1.60. The Kier molecular flexibility index (Phi) is 4.57. The molecule has 0 aromatic carbocycles. The lowest BCUT2D eigenvalue weighted by molar-refractivity contribution is 0.247. The Morgan fingerprint density at radius 1 is 1.39 bits per heavy atom. The van der Waals surface area contributed by atoms with Crippen LogP contribution in [0.5, 0.6) is 0 Å². The van der Waals surface area contributed by atoms with E-state index in [-0.39, 0.29) is 12.6 Å². The fraction of sp³-hybridized carbons (Fsp3) is 0.500. The molecule has 6 heteroatoms. The van der Waals surface area contributed by atoms with E-state index in [0.29, 0.717) is 6.04 Å². The Hall–Kier alpha value is -1.11. The molecule has 5 nitrogen and oxygen atoms in total. The first-order chi connectivity index (χ1) is 8.70. The molecule has 2 rings (SSSR count). The number of hydrogen-bond donors (Lipinski definition) is 2. The van der Waals surface area contributed by atoms with Gasteiger partial charge in [0.2, 0.25) is 0 Å². The van der Waals surface area contributed by atoms with Gasteiger partial charge >= 0.3 is 0 Å². The molecule has 0 fully saturated rings. The highest BCUT2D eigenvalue weighted by molar-refractivity contribution is 7.99. The topological polar surface area (TPSA) is 62.5 Å². The summed E-state index contributed by atoms with van der Waals surface area (Å²) in [7, 11) is 0. The highest BCUT2D eigenvalue weighted by atomic mass is 32.2. The van der Waals surface area contributed by atoms with Gasteiger partial charge in [0.05, 0.1) is 6.61 Å². The van der Waals surface area contributed by atoms with Gasteiger partial charge in [-0.05, 0) is 12.1 Å². The monoisotopic (exact) mass is 266 g/mol. The number of fused-ring (bicyclic) bond motifs is 1. The first kappa shape index (κ1) is 13.3. The van der Waals surface area contributed by atoms with Gasteiger partial charge in [-0.2, -0.15) is 0 Å². The van der Waals surface area contributed by atoms with E-state index in [2.05, 4.69) is 29.4 Å². The van der Waals surface area contributed by atoms with Gasteiger partial charge in [-0.25, -0.2) is 0 Å². The van der Waals surface area contributed by atoms with Crippen LogP contribution in [0, 0.1) is 0 Å². The van der Waals surface area contributed by atoms with Crippen molar-refractivity contribution in [3.05, 3.63) is 24.4 Å². The average Bonchev–Trinajstić information content (AvgIpc) is 2.77. The van der Waals surface area contributed by atoms with Crippen molar-refractivity contribution < 1.29 is 5.11 Å². The molecule has 0 saturated heterocycles. The maximum atomic E-state index is 9.30. The smallest absolute Gasteiger partial charge is 0.195 e. The van der Waals surface area contributed by atoms with Crippen molar-refractivity contribution in [1.29, 1.82) is 0 Å². The zero-order chi connectivity index (χ0) is 13.0. The summed E-state index contributed by atoms with van der Waals surface area (Å²) in [6.45, 7) is 4.27. The standard InChI is InChI=1S/C12H18N4OS/c1-9(2)13-10(7-17)8-18-12-15-14-11-5-3-4-6-16(11)12/h3-6,9-10,13,17H,7-8H2,1-2H3. The van der Waals surface area contributed by atoms with Crippen LogP contribution in [0.4, 0.5) is 0 Å². The van der Waals surface area contributed by atoms with Gasteiger partial charge in [-0.3, -0.25) is 4.40 Å². The molecule has 1 atom stereocenters. The highest BCUT2D eigenvalue weighted by Gasteiger charge is 2.12. The minimum atomic E-state index is 0.0751. The van der Waals surface area contributed by atoms with Crippen LogP contribution < -0.4 is 5.32 Å². The van der Waals surface area contributed by atoms with Gasteiger partial charge in [0, 0.05) is 24.0 Å². The van der Waals surface area contributed by atoms with Crippen LogP contribution in [0.3, 0.4) is 0 Å². The number of thioether (sulfide) groups is 1. The lowest BCUT2D eigenvalue weighted by atomic mass is 10.3. The van der Waals surface area contributed by atoms with Crippen molar-refractivity contribution in [2.45, 2.75) is 31.1 Å². The Balaban J connectivity index is 2.01. The molecule has 98 valence electrons. The van der Waals surface area contributed by atoms with Gasteiger partial charge in [0.1, 0.15) is 0 Å². The second-order valence-electron chi connectivity index (χ2n) is 4.42. The van der Waals surface area contributed by atoms with Crippen molar-refractivity contribution in [3.8, 4) is 0 Å². The van der Waals surface area contributed by atoms with Crippen LogP contribution in [0.15, 0.2) is 29.6 Å². The van der Waals surface area contributed by atoms with Crippen LogP contribution in [0.25, 0.3) is 5.65 Å². The van der Waals surface area contributed by atoms with Crippen LogP contribution in [-0.4, -0.2) is 44.1 Å².